The molecule has 4 heterocycles. The average molecular weight is 585 g/mol. The number of ether oxygens (including phenoxy) is 1. The SMILES string of the molecule is CC(C(=O)O)n1cc(-c2cc(-c3cc4ccccc4s3)c3c(cnn3COCC[Si](C)(C)C)c2)c2nc(N)ncc21. The number of fused-ring (bicyclic) bond motifs is 3. The van der Waals surface area contributed by atoms with Crippen LogP contribution in [0, 0.1) is 0 Å². The van der Waals surface area contributed by atoms with E-state index in [-0.39, 0.29) is 5.95 Å². The summed E-state index contributed by atoms with van der Waals surface area (Å²) in [4.78, 5) is 21.7. The third kappa shape index (κ3) is 5.23. The van der Waals surface area contributed by atoms with E-state index < -0.39 is 20.1 Å². The molecule has 6 rings (SSSR count). The van der Waals surface area contributed by atoms with Crippen molar-refractivity contribution < 1.29 is 14.6 Å². The maximum absolute atomic E-state index is 11.9. The molecule has 0 fully saturated rings. The highest BCUT2D eigenvalue weighted by atomic mass is 32.1. The molecular formula is C30H32N6O3SSi. The summed E-state index contributed by atoms with van der Waals surface area (Å²) in [5.74, 6) is -0.810. The molecule has 0 spiro atoms. The molecule has 4 aromatic heterocycles. The van der Waals surface area contributed by atoms with Crippen LogP contribution in [0.3, 0.4) is 0 Å². The van der Waals surface area contributed by atoms with Gasteiger partial charge < -0.3 is 20.1 Å². The van der Waals surface area contributed by atoms with E-state index >= 15 is 0 Å². The monoisotopic (exact) mass is 584 g/mol. The molecule has 0 radical (unpaired) electrons. The van der Waals surface area contributed by atoms with E-state index in [2.05, 4.69) is 59.9 Å². The van der Waals surface area contributed by atoms with Gasteiger partial charge in [0, 0.05) is 47.0 Å². The van der Waals surface area contributed by atoms with Crippen molar-refractivity contribution in [1.29, 1.82) is 0 Å². The molecule has 3 N–H and O–H groups in total. The van der Waals surface area contributed by atoms with Crippen LogP contribution in [0.4, 0.5) is 5.95 Å². The van der Waals surface area contributed by atoms with Gasteiger partial charge in [-0.15, -0.1) is 11.3 Å². The molecule has 0 saturated carbocycles. The van der Waals surface area contributed by atoms with Gasteiger partial charge in [0.05, 0.1) is 23.4 Å². The van der Waals surface area contributed by atoms with Crippen LogP contribution in [-0.2, 0) is 16.3 Å². The zero-order chi connectivity index (χ0) is 28.9. The molecule has 0 amide bonds. The molecule has 2 aromatic carbocycles. The first-order valence-corrected chi connectivity index (χ1v) is 18.0. The molecule has 0 bridgehead atoms. The van der Waals surface area contributed by atoms with Crippen molar-refractivity contribution in [1.82, 2.24) is 24.3 Å². The zero-order valence-electron chi connectivity index (χ0n) is 23.5. The summed E-state index contributed by atoms with van der Waals surface area (Å²) >= 11 is 1.73. The predicted molar refractivity (Wildman–Crippen MR) is 168 cm³/mol. The molecule has 210 valence electrons. The van der Waals surface area contributed by atoms with Crippen molar-refractivity contribution in [3.05, 3.63) is 61.1 Å². The van der Waals surface area contributed by atoms with Crippen LogP contribution in [0.5, 0.6) is 0 Å². The van der Waals surface area contributed by atoms with Crippen molar-refractivity contribution in [2.45, 2.75) is 45.4 Å². The fraction of sp³-hybridized carbons (Fsp3) is 0.267. The van der Waals surface area contributed by atoms with E-state index in [9.17, 15) is 9.90 Å². The fourth-order valence-electron chi connectivity index (χ4n) is 5.01. The lowest BCUT2D eigenvalue weighted by Crippen LogP contribution is -2.22. The lowest BCUT2D eigenvalue weighted by atomic mass is 10.0. The van der Waals surface area contributed by atoms with Crippen LogP contribution in [0.15, 0.2) is 61.1 Å². The minimum Gasteiger partial charge on any atom is -0.480 e. The molecule has 9 nitrogen and oxygen atoms in total. The summed E-state index contributed by atoms with van der Waals surface area (Å²) in [5, 5.41) is 16.6. The summed E-state index contributed by atoms with van der Waals surface area (Å²) < 4.78 is 10.9. The van der Waals surface area contributed by atoms with Gasteiger partial charge in [-0.1, -0.05) is 37.8 Å². The largest absolute Gasteiger partial charge is 0.480 e. The van der Waals surface area contributed by atoms with Crippen molar-refractivity contribution in [2.75, 3.05) is 12.3 Å². The number of thiophene rings is 1. The number of nitrogens with zero attached hydrogens (tertiary/aromatic N) is 5. The van der Waals surface area contributed by atoms with E-state index in [4.69, 9.17) is 15.6 Å². The molecular weight excluding hydrogens is 553 g/mol. The lowest BCUT2D eigenvalue weighted by molar-refractivity contribution is -0.140. The number of rotatable bonds is 9. The van der Waals surface area contributed by atoms with E-state index in [0.717, 1.165) is 38.5 Å². The summed E-state index contributed by atoms with van der Waals surface area (Å²) in [5.41, 5.74) is 10.9. The van der Waals surface area contributed by atoms with Gasteiger partial charge in [0.1, 0.15) is 18.3 Å². The van der Waals surface area contributed by atoms with Crippen molar-refractivity contribution in [2.24, 2.45) is 0 Å². The van der Waals surface area contributed by atoms with Crippen LogP contribution < -0.4 is 5.73 Å². The average Bonchev–Trinajstić information content (AvgIpc) is 3.64. The number of carboxylic acids is 1. The number of aromatic nitrogens is 5. The number of nitrogens with two attached hydrogens (primary N) is 1. The first-order valence-electron chi connectivity index (χ1n) is 13.5. The Hall–Kier alpha value is -4.06. The maximum atomic E-state index is 11.9. The molecule has 0 aliphatic rings. The van der Waals surface area contributed by atoms with Crippen molar-refractivity contribution in [3.8, 4) is 21.6 Å². The number of benzene rings is 2. The normalized spacial score (nSPS) is 13.0. The fourth-order valence-corrected chi connectivity index (χ4v) is 6.85. The van der Waals surface area contributed by atoms with Gasteiger partial charge in [-0.3, -0.25) is 0 Å². The second-order valence-electron chi connectivity index (χ2n) is 11.5. The summed E-state index contributed by atoms with van der Waals surface area (Å²) in [6, 6.07) is 15.0. The summed E-state index contributed by atoms with van der Waals surface area (Å²) in [6.07, 6.45) is 5.28. The van der Waals surface area contributed by atoms with Gasteiger partial charge in [-0.25, -0.2) is 19.4 Å². The van der Waals surface area contributed by atoms with Gasteiger partial charge in [0.2, 0.25) is 5.95 Å². The number of aliphatic carboxylic acids is 1. The van der Waals surface area contributed by atoms with E-state index in [0.29, 0.717) is 24.4 Å². The summed E-state index contributed by atoms with van der Waals surface area (Å²) in [6.45, 7) is 9.73. The molecule has 1 unspecified atom stereocenters. The first kappa shape index (κ1) is 27.1. The Bertz CT molecular complexity index is 1890. The first-order chi connectivity index (χ1) is 19.6. The van der Waals surface area contributed by atoms with E-state index in [1.165, 1.54) is 10.1 Å². The molecule has 0 saturated heterocycles. The lowest BCUT2D eigenvalue weighted by Gasteiger charge is -2.16. The van der Waals surface area contributed by atoms with Gasteiger partial charge in [0.15, 0.2) is 0 Å². The molecule has 41 heavy (non-hydrogen) atoms. The second-order valence-corrected chi connectivity index (χ2v) is 18.2. The Morgan fingerprint density at radius 2 is 1.93 bits per heavy atom. The third-order valence-electron chi connectivity index (χ3n) is 7.31. The van der Waals surface area contributed by atoms with Gasteiger partial charge in [0.25, 0.3) is 0 Å². The van der Waals surface area contributed by atoms with Crippen LogP contribution >= 0.6 is 11.3 Å². The van der Waals surface area contributed by atoms with E-state index in [1.54, 1.807) is 29.0 Å². The number of hydrogen-bond donors (Lipinski definition) is 2. The highest BCUT2D eigenvalue weighted by Crippen LogP contribution is 2.41. The topological polar surface area (TPSA) is 121 Å². The Labute approximate surface area is 242 Å². The standard InChI is InChI=1S/C30H32N6O3SSi/c1-18(29(37)38)35-16-23(27-24(35)15-32-30(31)34-27)20-11-21-14-33-36(17-39-9-10-41(2,3)4)28(21)22(12-20)26-13-19-7-5-6-8-25(19)40-26/h5-8,11-16,18H,9-10,17H2,1-4H3,(H,37,38)(H2,31,32,34). The maximum Gasteiger partial charge on any atom is 0.326 e. The van der Waals surface area contributed by atoms with Gasteiger partial charge in [-0.05, 0) is 48.2 Å². The minimum absolute atomic E-state index is 0.133. The van der Waals surface area contributed by atoms with Crippen molar-refractivity contribution in [3.63, 3.8) is 0 Å². The second kappa shape index (κ2) is 10.4. The molecule has 11 heteroatoms. The highest BCUT2D eigenvalue weighted by molar-refractivity contribution is 7.22. The minimum atomic E-state index is -1.21. The smallest absolute Gasteiger partial charge is 0.326 e. The zero-order valence-corrected chi connectivity index (χ0v) is 25.3. The van der Waals surface area contributed by atoms with Crippen molar-refractivity contribution >= 4 is 63.4 Å². The Balaban J connectivity index is 1.53. The molecule has 0 aliphatic carbocycles. The Morgan fingerprint density at radius 1 is 1.12 bits per heavy atom. The Kier molecular flexibility index (Phi) is 6.88. The summed E-state index contributed by atoms with van der Waals surface area (Å²) in [7, 11) is -1.21. The predicted octanol–water partition coefficient (Wildman–Crippen LogP) is 6.87. The number of anilines is 1. The third-order valence-corrected chi connectivity index (χ3v) is 10.2. The number of carboxylic acid groups (broad SMARTS) is 1. The van der Waals surface area contributed by atoms with Gasteiger partial charge in [-0.2, -0.15) is 5.10 Å². The van der Waals surface area contributed by atoms with Crippen LogP contribution in [-0.4, -0.2) is 50.1 Å². The van der Waals surface area contributed by atoms with E-state index in [1.807, 2.05) is 29.2 Å². The number of nitrogen functional groups attached to an aromatic ring is 1. The van der Waals surface area contributed by atoms with Crippen LogP contribution in [0.25, 0.3) is 53.6 Å². The van der Waals surface area contributed by atoms with Crippen LogP contribution in [0.2, 0.25) is 25.7 Å². The highest BCUT2D eigenvalue weighted by Gasteiger charge is 2.23. The Morgan fingerprint density at radius 3 is 2.68 bits per heavy atom. The molecule has 1 atom stereocenters. The number of hydrogen-bond acceptors (Lipinski definition) is 7. The quantitative estimate of drug-likeness (QED) is 0.140. The molecule has 0 aliphatic heterocycles. The van der Waals surface area contributed by atoms with Crippen LogP contribution in [0.1, 0.15) is 13.0 Å². The molecule has 6 aromatic rings. The number of carbonyl (C=O) groups is 1. The van der Waals surface area contributed by atoms with Gasteiger partial charge >= 0.3 is 5.97 Å².